The van der Waals surface area contributed by atoms with Crippen molar-refractivity contribution >= 4 is 34.9 Å². The molecule has 1 unspecified atom stereocenters. The van der Waals surface area contributed by atoms with Crippen molar-refractivity contribution in [1.82, 2.24) is 9.80 Å². The first-order chi connectivity index (χ1) is 9.95. The van der Waals surface area contributed by atoms with E-state index in [1.807, 2.05) is 17.0 Å². The van der Waals surface area contributed by atoms with Gasteiger partial charge in [-0.1, -0.05) is 11.6 Å². The minimum Gasteiger partial charge on any atom is -0.481 e. The zero-order chi connectivity index (χ0) is 15.4. The quantitative estimate of drug-likeness (QED) is 0.902. The number of rotatable bonds is 5. The molecule has 1 fully saturated rings. The number of likely N-dealkylation sites (tertiary alicyclic amines) is 1. The van der Waals surface area contributed by atoms with Gasteiger partial charge in [-0.25, -0.2) is 4.79 Å². The van der Waals surface area contributed by atoms with Crippen molar-refractivity contribution in [3.05, 3.63) is 21.3 Å². The molecule has 7 heteroatoms. The fourth-order valence-corrected chi connectivity index (χ4v) is 3.69. The Balaban J connectivity index is 1.81. The number of aliphatic carboxylic acids is 1. The third kappa shape index (κ3) is 4.61. The topological polar surface area (TPSA) is 60.9 Å². The summed E-state index contributed by atoms with van der Waals surface area (Å²) in [6.45, 7) is 1.91. The molecule has 2 rings (SSSR count). The second-order valence-corrected chi connectivity index (χ2v) is 7.18. The van der Waals surface area contributed by atoms with Crippen LogP contribution in [0.4, 0.5) is 4.79 Å². The maximum absolute atomic E-state index is 12.3. The van der Waals surface area contributed by atoms with Crippen LogP contribution in [-0.4, -0.2) is 47.0 Å². The molecule has 21 heavy (non-hydrogen) atoms. The molecule has 2 amide bonds. The van der Waals surface area contributed by atoms with Crippen LogP contribution in [0.5, 0.6) is 0 Å². The molecular formula is C14H19ClN2O3S. The number of hydrogen-bond acceptors (Lipinski definition) is 3. The smallest absolute Gasteiger partial charge is 0.320 e. The van der Waals surface area contributed by atoms with E-state index >= 15 is 0 Å². The summed E-state index contributed by atoms with van der Waals surface area (Å²) in [5.41, 5.74) is 0. The molecule has 2 heterocycles. The summed E-state index contributed by atoms with van der Waals surface area (Å²) in [5, 5.41) is 8.70. The largest absolute Gasteiger partial charge is 0.481 e. The lowest BCUT2D eigenvalue weighted by Crippen LogP contribution is -2.39. The zero-order valence-corrected chi connectivity index (χ0v) is 13.5. The van der Waals surface area contributed by atoms with Crippen molar-refractivity contribution in [1.29, 1.82) is 0 Å². The van der Waals surface area contributed by atoms with E-state index in [-0.39, 0.29) is 12.5 Å². The molecule has 0 saturated carbocycles. The Morgan fingerprint density at radius 2 is 2.29 bits per heavy atom. The summed E-state index contributed by atoms with van der Waals surface area (Å²) < 4.78 is 0.723. The van der Waals surface area contributed by atoms with Crippen LogP contribution < -0.4 is 0 Å². The van der Waals surface area contributed by atoms with Gasteiger partial charge in [0.05, 0.1) is 10.9 Å². The first kappa shape index (κ1) is 16.1. The number of urea groups is 1. The van der Waals surface area contributed by atoms with Gasteiger partial charge in [0.25, 0.3) is 0 Å². The molecule has 1 aromatic rings. The van der Waals surface area contributed by atoms with Crippen LogP contribution in [0.15, 0.2) is 12.1 Å². The fourth-order valence-electron chi connectivity index (χ4n) is 2.55. The Morgan fingerprint density at radius 1 is 1.52 bits per heavy atom. The van der Waals surface area contributed by atoms with Crippen molar-refractivity contribution < 1.29 is 14.7 Å². The fraction of sp³-hybridized carbons (Fsp3) is 0.571. The van der Waals surface area contributed by atoms with Crippen molar-refractivity contribution in [2.24, 2.45) is 5.92 Å². The number of amides is 2. The third-order valence-corrected chi connectivity index (χ3v) is 4.89. The van der Waals surface area contributed by atoms with Crippen LogP contribution in [0.25, 0.3) is 0 Å². The minimum atomic E-state index is -0.772. The molecule has 1 aliphatic rings. The van der Waals surface area contributed by atoms with E-state index in [0.29, 0.717) is 32.0 Å². The van der Waals surface area contributed by atoms with E-state index in [1.165, 1.54) is 11.3 Å². The van der Waals surface area contributed by atoms with Gasteiger partial charge < -0.3 is 14.9 Å². The van der Waals surface area contributed by atoms with Crippen LogP contribution >= 0.6 is 22.9 Å². The third-order valence-electron chi connectivity index (χ3n) is 3.67. The first-order valence-electron chi connectivity index (χ1n) is 6.91. The van der Waals surface area contributed by atoms with Crippen LogP contribution in [0.1, 0.15) is 24.1 Å². The maximum Gasteiger partial charge on any atom is 0.320 e. The normalized spacial score (nSPS) is 18.0. The van der Waals surface area contributed by atoms with Crippen LogP contribution in [0.2, 0.25) is 4.34 Å². The summed E-state index contributed by atoms with van der Waals surface area (Å²) >= 11 is 7.36. The van der Waals surface area contributed by atoms with E-state index in [1.54, 1.807) is 11.9 Å². The van der Waals surface area contributed by atoms with Gasteiger partial charge in [0.1, 0.15) is 0 Å². The highest BCUT2D eigenvalue weighted by Crippen LogP contribution is 2.25. The van der Waals surface area contributed by atoms with Gasteiger partial charge in [-0.2, -0.15) is 0 Å². The Morgan fingerprint density at radius 3 is 2.90 bits per heavy atom. The number of carboxylic acids is 1. The van der Waals surface area contributed by atoms with Crippen molar-refractivity contribution in [2.75, 3.05) is 20.1 Å². The second-order valence-electron chi connectivity index (χ2n) is 5.38. The van der Waals surface area contributed by atoms with Crippen molar-refractivity contribution in [2.45, 2.75) is 25.8 Å². The standard InChI is InChI=1S/C14H19ClN2O3S/c1-16(9-11-3-4-12(15)21-11)14(20)17-7-6-10(8-17)2-5-13(18)19/h3-4,10H,2,5-9H2,1H3,(H,18,19). The summed E-state index contributed by atoms with van der Waals surface area (Å²) in [5.74, 6) is -0.471. The minimum absolute atomic E-state index is 0.00246. The maximum atomic E-state index is 12.3. The number of carbonyl (C=O) groups excluding carboxylic acids is 1. The molecule has 5 nitrogen and oxygen atoms in total. The molecule has 1 aliphatic heterocycles. The number of nitrogens with zero attached hydrogens (tertiary/aromatic N) is 2. The first-order valence-corrected chi connectivity index (χ1v) is 8.11. The monoisotopic (exact) mass is 330 g/mol. The highest BCUT2D eigenvalue weighted by molar-refractivity contribution is 7.16. The molecule has 0 aliphatic carbocycles. The molecule has 1 aromatic heterocycles. The Labute approximate surface area is 133 Å². The molecular weight excluding hydrogens is 312 g/mol. The lowest BCUT2D eigenvalue weighted by atomic mass is 10.0. The number of carboxylic acid groups (broad SMARTS) is 1. The van der Waals surface area contributed by atoms with Gasteiger partial charge in [-0.3, -0.25) is 4.79 Å². The Bertz CT molecular complexity index is 520. The van der Waals surface area contributed by atoms with E-state index in [4.69, 9.17) is 16.7 Å². The lowest BCUT2D eigenvalue weighted by Gasteiger charge is -2.24. The lowest BCUT2D eigenvalue weighted by molar-refractivity contribution is -0.137. The van der Waals surface area contributed by atoms with Gasteiger partial charge >= 0.3 is 12.0 Å². The van der Waals surface area contributed by atoms with Crippen molar-refractivity contribution in [3.63, 3.8) is 0 Å². The van der Waals surface area contributed by atoms with Gasteiger partial charge in [-0.15, -0.1) is 11.3 Å². The number of carbonyl (C=O) groups is 2. The molecule has 0 radical (unpaired) electrons. The van der Waals surface area contributed by atoms with Gasteiger partial charge in [0, 0.05) is 31.4 Å². The predicted octanol–water partition coefficient (Wildman–Crippen LogP) is 3.14. The van der Waals surface area contributed by atoms with E-state index in [0.717, 1.165) is 15.6 Å². The van der Waals surface area contributed by atoms with Gasteiger partial charge in [0.15, 0.2) is 0 Å². The molecule has 1 N–H and O–H groups in total. The Hall–Kier alpha value is -1.27. The van der Waals surface area contributed by atoms with E-state index in [9.17, 15) is 9.59 Å². The second kappa shape index (κ2) is 7.13. The highest BCUT2D eigenvalue weighted by Gasteiger charge is 2.28. The Kier molecular flexibility index (Phi) is 5.47. The van der Waals surface area contributed by atoms with E-state index < -0.39 is 5.97 Å². The SMILES string of the molecule is CN(Cc1ccc(Cl)s1)C(=O)N1CCC(CCC(=O)O)C1. The van der Waals surface area contributed by atoms with E-state index in [2.05, 4.69) is 0 Å². The summed E-state index contributed by atoms with van der Waals surface area (Å²) in [7, 11) is 1.78. The van der Waals surface area contributed by atoms with Crippen LogP contribution in [0.3, 0.4) is 0 Å². The van der Waals surface area contributed by atoms with Gasteiger partial charge in [0.2, 0.25) is 0 Å². The number of hydrogen-bond donors (Lipinski definition) is 1. The molecule has 0 spiro atoms. The highest BCUT2D eigenvalue weighted by atomic mass is 35.5. The molecule has 1 saturated heterocycles. The average Bonchev–Trinajstić information content (AvgIpc) is 3.04. The number of thiophene rings is 1. The summed E-state index contributed by atoms with van der Waals surface area (Å²) in [4.78, 5) is 27.5. The molecule has 0 bridgehead atoms. The predicted molar refractivity (Wildman–Crippen MR) is 82.7 cm³/mol. The zero-order valence-electron chi connectivity index (χ0n) is 11.9. The average molecular weight is 331 g/mol. The van der Waals surface area contributed by atoms with Crippen LogP contribution in [-0.2, 0) is 11.3 Å². The van der Waals surface area contributed by atoms with Crippen molar-refractivity contribution in [3.8, 4) is 0 Å². The molecule has 116 valence electrons. The summed E-state index contributed by atoms with van der Waals surface area (Å²) in [6, 6.07) is 3.76. The molecule has 1 atom stereocenters. The number of halogens is 1. The molecule has 0 aromatic carbocycles. The summed E-state index contributed by atoms with van der Waals surface area (Å²) in [6.07, 6.45) is 1.71. The van der Waals surface area contributed by atoms with Gasteiger partial charge in [-0.05, 0) is 30.9 Å². The van der Waals surface area contributed by atoms with Crippen LogP contribution in [0, 0.1) is 5.92 Å².